The highest BCUT2D eigenvalue weighted by Gasteiger charge is 2.34. The van der Waals surface area contributed by atoms with Crippen LogP contribution in [0.1, 0.15) is 11.6 Å². The van der Waals surface area contributed by atoms with Crippen molar-refractivity contribution in [3.05, 3.63) is 85.9 Å². The number of H-pyrrole nitrogens is 1. The zero-order valence-electron chi connectivity index (χ0n) is 15.9. The van der Waals surface area contributed by atoms with Gasteiger partial charge in [-0.05, 0) is 29.8 Å². The minimum atomic E-state index is -0.813. The Morgan fingerprint density at radius 2 is 1.93 bits per heavy atom. The molecule has 2 aromatic carbocycles. The van der Waals surface area contributed by atoms with Crippen LogP contribution in [0.3, 0.4) is 0 Å². The second-order valence-corrected chi connectivity index (χ2v) is 8.71. The zero-order valence-corrected chi connectivity index (χ0v) is 17.5. The maximum absolute atomic E-state index is 13.1. The smallest absolute Gasteiger partial charge is 0.329 e. The van der Waals surface area contributed by atoms with Gasteiger partial charge in [0.2, 0.25) is 0 Å². The van der Waals surface area contributed by atoms with E-state index in [0.29, 0.717) is 21.7 Å². The number of alkyl halides is 1. The zero-order chi connectivity index (χ0) is 21.4. The number of aromatic amines is 1. The van der Waals surface area contributed by atoms with Crippen molar-refractivity contribution in [2.75, 3.05) is 11.9 Å². The monoisotopic (exact) mass is 443 g/mol. The fourth-order valence-electron chi connectivity index (χ4n) is 3.46. The Kier molecular flexibility index (Phi) is 5.55. The van der Waals surface area contributed by atoms with Crippen LogP contribution in [0.15, 0.2) is 69.1 Å². The number of carbonyl (C=O) groups excluding carboxylic acids is 1. The number of carbonyl (C=O) groups is 1. The predicted molar refractivity (Wildman–Crippen MR) is 119 cm³/mol. The van der Waals surface area contributed by atoms with Crippen molar-refractivity contribution in [2.45, 2.75) is 17.4 Å². The highest BCUT2D eigenvalue weighted by atomic mass is 35.5. The number of nitrogens with one attached hydrogen (secondary N) is 1. The summed E-state index contributed by atoms with van der Waals surface area (Å²) < 4.78 is 0.292. The number of allylic oxidation sites excluding steroid dienone is 1. The van der Waals surface area contributed by atoms with E-state index in [1.165, 1.54) is 4.90 Å². The van der Waals surface area contributed by atoms with Gasteiger partial charge in [-0.1, -0.05) is 42.1 Å². The molecule has 0 saturated heterocycles. The van der Waals surface area contributed by atoms with E-state index in [4.69, 9.17) is 11.6 Å². The number of aromatic nitrogens is 2. The molecule has 0 fully saturated rings. The molecular formula is C21H18ClN3O4S. The number of likely N-dealkylation sites (N-methyl/N-ethyl adjacent to an activating group) is 1. The Balaban J connectivity index is 1.77. The van der Waals surface area contributed by atoms with Crippen molar-refractivity contribution in [1.82, 2.24) is 9.55 Å². The average molecular weight is 444 g/mol. The molecule has 2 atom stereocenters. The number of amides is 1. The quantitative estimate of drug-likeness (QED) is 0.604. The summed E-state index contributed by atoms with van der Waals surface area (Å²) in [5, 5.41) is 9.81. The molecule has 0 radical (unpaired) electrons. The normalized spacial score (nSPS) is 18.4. The Labute approximate surface area is 180 Å². The van der Waals surface area contributed by atoms with Crippen molar-refractivity contribution >= 4 is 45.9 Å². The number of hydrogen-bond donors (Lipinski definition) is 2. The summed E-state index contributed by atoms with van der Waals surface area (Å²) in [7, 11) is 1.65. The summed E-state index contributed by atoms with van der Waals surface area (Å²) in [6.45, 7) is -0.343. The van der Waals surface area contributed by atoms with Crippen LogP contribution in [0, 0.1) is 0 Å². The summed E-state index contributed by atoms with van der Waals surface area (Å²) in [6.07, 6.45) is 1.55. The van der Waals surface area contributed by atoms with Crippen LogP contribution in [0.2, 0.25) is 0 Å². The van der Waals surface area contributed by atoms with Crippen LogP contribution in [0.5, 0.6) is 0 Å². The molecule has 1 aliphatic rings. The van der Waals surface area contributed by atoms with E-state index in [0.717, 1.165) is 16.3 Å². The summed E-state index contributed by atoms with van der Waals surface area (Å²) in [6, 6.07) is 13.2. The molecule has 1 aliphatic heterocycles. The number of halogens is 1. The number of rotatable bonds is 4. The molecule has 0 saturated carbocycles. The van der Waals surface area contributed by atoms with Gasteiger partial charge in [-0.3, -0.25) is 14.2 Å². The van der Waals surface area contributed by atoms with Gasteiger partial charge in [0, 0.05) is 12.7 Å². The second kappa shape index (κ2) is 8.14. The number of thioether (sulfide) groups is 1. The number of aliphatic hydroxyl groups excluding tert-OH is 1. The number of aliphatic hydroxyl groups is 1. The van der Waals surface area contributed by atoms with Crippen LogP contribution in [0.4, 0.5) is 5.69 Å². The van der Waals surface area contributed by atoms with Crippen LogP contribution in [-0.4, -0.2) is 32.3 Å². The van der Waals surface area contributed by atoms with E-state index in [9.17, 15) is 19.5 Å². The van der Waals surface area contributed by atoms with E-state index >= 15 is 0 Å². The van der Waals surface area contributed by atoms with Gasteiger partial charge >= 0.3 is 5.69 Å². The molecule has 1 amide bonds. The Hall–Kier alpha value is -2.81. The summed E-state index contributed by atoms with van der Waals surface area (Å²) in [5.41, 5.74) is 0.278. The van der Waals surface area contributed by atoms with Crippen LogP contribution < -0.4 is 16.1 Å². The molecule has 3 aromatic rings. The van der Waals surface area contributed by atoms with E-state index in [2.05, 4.69) is 4.98 Å². The lowest BCUT2D eigenvalue weighted by Crippen LogP contribution is -2.39. The van der Waals surface area contributed by atoms with Crippen molar-refractivity contribution in [3.63, 3.8) is 0 Å². The van der Waals surface area contributed by atoms with Crippen molar-refractivity contribution in [3.8, 4) is 0 Å². The van der Waals surface area contributed by atoms with Gasteiger partial charge in [0.1, 0.15) is 4.71 Å². The van der Waals surface area contributed by atoms with Gasteiger partial charge in [0.15, 0.2) is 0 Å². The lowest BCUT2D eigenvalue weighted by atomic mass is 10.1. The number of hydrogen-bond acceptors (Lipinski definition) is 5. The SMILES string of the molecule is CN(C(=O)C1=CC(n2c(=O)[nH]c3cccc(CO)c3c2=O)C(Cl)S1)c1ccccc1. The number of benzene rings is 2. The van der Waals surface area contributed by atoms with E-state index in [1.807, 2.05) is 30.3 Å². The van der Waals surface area contributed by atoms with Gasteiger partial charge < -0.3 is 15.0 Å². The first-order valence-electron chi connectivity index (χ1n) is 9.15. The molecule has 30 heavy (non-hydrogen) atoms. The van der Waals surface area contributed by atoms with Gasteiger partial charge in [-0.2, -0.15) is 0 Å². The first-order chi connectivity index (χ1) is 14.4. The third-order valence-corrected chi connectivity index (χ3v) is 6.60. The fourth-order valence-corrected chi connectivity index (χ4v) is 4.97. The number of nitrogens with zero attached hydrogens (tertiary/aromatic N) is 2. The number of fused-ring (bicyclic) bond motifs is 1. The Bertz CT molecular complexity index is 1270. The van der Waals surface area contributed by atoms with E-state index in [-0.39, 0.29) is 17.9 Å². The summed E-state index contributed by atoms with van der Waals surface area (Å²) in [4.78, 5) is 43.2. The van der Waals surface area contributed by atoms with Crippen LogP contribution >= 0.6 is 23.4 Å². The van der Waals surface area contributed by atoms with Gasteiger partial charge in [-0.25, -0.2) is 4.79 Å². The van der Waals surface area contributed by atoms with Crippen molar-refractivity contribution < 1.29 is 9.90 Å². The molecule has 1 aromatic heterocycles. The Morgan fingerprint density at radius 1 is 1.20 bits per heavy atom. The van der Waals surface area contributed by atoms with Crippen LogP contribution in [-0.2, 0) is 11.4 Å². The van der Waals surface area contributed by atoms with Gasteiger partial charge in [0.05, 0.1) is 28.5 Å². The van der Waals surface area contributed by atoms with Gasteiger partial charge in [0.25, 0.3) is 11.5 Å². The fraction of sp³-hybridized carbons (Fsp3) is 0.190. The summed E-state index contributed by atoms with van der Waals surface area (Å²) in [5.74, 6) is -0.277. The summed E-state index contributed by atoms with van der Waals surface area (Å²) >= 11 is 7.56. The Morgan fingerprint density at radius 3 is 2.63 bits per heavy atom. The third-order valence-electron chi connectivity index (χ3n) is 5.00. The topological polar surface area (TPSA) is 95.4 Å². The molecule has 2 heterocycles. The largest absolute Gasteiger partial charge is 0.392 e. The standard InChI is InChI=1S/C21H18ClN3O4S/c1-24(13-7-3-2-4-8-13)19(27)16-10-15(18(22)30-16)25-20(28)17-12(11-26)6-5-9-14(17)23-21(25)29/h2-10,15,18,26H,11H2,1H3,(H,23,29). The second-order valence-electron chi connectivity index (χ2n) is 6.79. The average Bonchev–Trinajstić information content (AvgIpc) is 3.13. The number of anilines is 1. The molecule has 0 bridgehead atoms. The molecule has 9 heteroatoms. The van der Waals surface area contributed by atoms with Crippen LogP contribution in [0.25, 0.3) is 10.9 Å². The van der Waals surface area contributed by atoms with E-state index in [1.54, 1.807) is 31.3 Å². The minimum absolute atomic E-state index is 0.225. The molecule has 4 rings (SSSR count). The minimum Gasteiger partial charge on any atom is -0.392 e. The lowest BCUT2D eigenvalue weighted by Gasteiger charge is -2.17. The predicted octanol–water partition coefficient (Wildman–Crippen LogP) is 2.58. The maximum atomic E-state index is 13.1. The molecular weight excluding hydrogens is 426 g/mol. The van der Waals surface area contributed by atoms with Gasteiger partial charge in [-0.15, -0.1) is 11.6 Å². The third kappa shape index (κ3) is 3.47. The molecule has 7 nitrogen and oxygen atoms in total. The first kappa shape index (κ1) is 20.5. The highest BCUT2D eigenvalue weighted by Crippen LogP contribution is 2.42. The van der Waals surface area contributed by atoms with Crippen molar-refractivity contribution in [2.24, 2.45) is 0 Å². The molecule has 2 N–H and O–H groups in total. The maximum Gasteiger partial charge on any atom is 0.329 e. The lowest BCUT2D eigenvalue weighted by molar-refractivity contribution is -0.114. The molecule has 0 aliphatic carbocycles. The molecule has 154 valence electrons. The van der Waals surface area contributed by atoms with Crippen molar-refractivity contribution in [1.29, 1.82) is 0 Å². The molecule has 2 unspecified atom stereocenters. The molecule has 0 spiro atoms. The number of para-hydroxylation sites is 1. The first-order valence-corrected chi connectivity index (χ1v) is 10.5. The highest BCUT2D eigenvalue weighted by molar-refractivity contribution is 8.06. The van der Waals surface area contributed by atoms with E-state index < -0.39 is 22.0 Å².